The van der Waals surface area contributed by atoms with Crippen molar-refractivity contribution in [2.24, 2.45) is 0 Å². The van der Waals surface area contributed by atoms with Gasteiger partial charge in [0.05, 0.1) is 12.7 Å². The highest BCUT2D eigenvalue weighted by atomic mass is 127. The molecular weight excluding hydrogens is 592 g/mol. The van der Waals surface area contributed by atoms with Gasteiger partial charge in [-0.2, -0.15) is 8.78 Å². The molecule has 3 rings (SSSR count). The van der Waals surface area contributed by atoms with Gasteiger partial charge in [-0.25, -0.2) is 4.79 Å². The van der Waals surface area contributed by atoms with Gasteiger partial charge in [-0.05, 0) is 81.6 Å². The normalized spacial score (nSPS) is 19.4. The zero-order chi connectivity index (χ0) is 22.1. The molecule has 1 N–H and O–H groups in total. The van der Waals surface area contributed by atoms with Crippen LogP contribution in [-0.2, 0) is 9.53 Å². The topological polar surface area (TPSA) is 46.5 Å². The van der Waals surface area contributed by atoms with E-state index in [0.29, 0.717) is 31.4 Å². The molecule has 0 radical (unpaired) electrons. The smallest absolute Gasteiger partial charge is 0.381 e. The fourth-order valence-electron chi connectivity index (χ4n) is 3.24. The predicted octanol–water partition coefficient (Wildman–Crippen LogP) is 6.97. The number of benzene rings is 2. The number of aliphatic hydroxyl groups excluding tert-OH is 1. The average molecular weight is 610 g/mol. The molecule has 0 bridgehead atoms. The summed E-state index contributed by atoms with van der Waals surface area (Å²) in [6.45, 7) is 1.31. The molecule has 0 saturated carbocycles. The zero-order valence-corrected chi connectivity index (χ0v) is 20.3. The van der Waals surface area contributed by atoms with Crippen LogP contribution in [0, 0.1) is 0 Å². The molecule has 0 aliphatic heterocycles. The number of ether oxygens (including phenoxy) is 1. The molecule has 0 spiro atoms. The third-order valence-corrected chi connectivity index (χ3v) is 6.66. The second-order valence-corrected chi connectivity index (χ2v) is 9.08. The number of hydrogen-bond donors (Lipinski definition) is 1. The van der Waals surface area contributed by atoms with Crippen molar-refractivity contribution in [3.63, 3.8) is 0 Å². The summed E-state index contributed by atoms with van der Waals surface area (Å²) in [4.78, 5) is 11.9. The minimum absolute atomic E-state index is 0.119. The number of fused-ring (bicyclic) bond motifs is 1. The Morgan fingerprint density at radius 3 is 2.63 bits per heavy atom. The van der Waals surface area contributed by atoms with Crippen molar-refractivity contribution in [3.05, 3.63) is 80.3 Å². The summed E-state index contributed by atoms with van der Waals surface area (Å²) in [5.41, 5.74) is 2.31. The molecule has 0 saturated heterocycles. The molecule has 0 unspecified atom stereocenters. The fraction of sp³-hybridized carbons (Fsp3) is 0.227. The number of carbonyl (C=O) groups is 1. The number of hydrogen-bond acceptors (Lipinski definition) is 3. The average Bonchev–Trinajstić information content (AvgIpc) is 2.70. The highest BCUT2D eigenvalue weighted by molar-refractivity contribution is 14.1. The van der Waals surface area contributed by atoms with Gasteiger partial charge in [0.2, 0.25) is 0 Å². The number of aliphatic hydroxyl groups is 1. The maximum Gasteiger partial charge on any atom is 0.381 e. The highest BCUT2D eigenvalue weighted by Gasteiger charge is 2.40. The number of esters is 1. The van der Waals surface area contributed by atoms with E-state index in [1.54, 1.807) is 12.1 Å². The van der Waals surface area contributed by atoms with Crippen molar-refractivity contribution >= 4 is 65.2 Å². The lowest BCUT2D eigenvalue weighted by molar-refractivity contribution is -0.164. The number of halogens is 5. The Balaban J connectivity index is 2.25. The SMILES string of the molecule is CCOC(=O)C(F)(F)/C=C1/C(=C(/I)c2ccc(Br)cc2)C[C@@H](O)c2ccc(Cl)cc21. The van der Waals surface area contributed by atoms with Crippen LogP contribution in [0.2, 0.25) is 5.02 Å². The summed E-state index contributed by atoms with van der Waals surface area (Å²) in [7, 11) is 0. The van der Waals surface area contributed by atoms with Gasteiger partial charge < -0.3 is 9.84 Å². The maximum atomic E-state index is 14.7. The van der Waals surface area contributed by atoms with Gasteiger partial charge in [0.25, 0.3) is 0 Å². The number of carbonyl (C=O) groups excluding carboxylic acids is 1. The molecule has 2 aromatic rings. The van der Waals surface area contributed by atoms with Crippen LogP contribution in [0.4, 0.5) is 8.78 Å². The first-order valence-corrected chi connectivity index (χ1v) is 11.3. The van der Waals surface area contributed by atoms with E-state index in [1.165, 1.54) is 13.0 Å². The quantitative estimate of drug-likeness (QED) is 0.301. The Morgan fingerprint density at radius 2 is 2.00 bits per heavy atom. The molecule has 8 heteroatoms. The van der Waals surface area contributed by atoms with Gasteiger partial charge in [0.15, 0.2) is 0 Å². The molecular formula is C22H17BrClF2IO3. The van der Waals surface area contributed by atoms with Crippen LogP contribution < -0.4 is 0 Å². The Labute approximate surface area is 200 Å². The first kappa shape index (κ1) is 23.4. The summed E-state index contributed by atoms with van der Waals surface area (Å²) in [6, 6.07) is 12.1. The van der Waals surface area contributed by atoms with Crippen molar-refractivity contribution in [1.29, 1.82) is 0 Å². The van der Waals surface area contributed by atoms with Gasteiger partial charge in [0.1, 0.15) is 0 Å². The zero-order valence-electron chi connectivity index (χ0n) is 15.8. The summed E-state index contributed by atoms with van der Waals surface area (Å²) in [5.74, 6) is -5.46. The van der Waals surface area contributed by atoms with E-state index >= 15 is 0 Å². The molecule has 0 amide bonds. The molecule has 1 atom stereocenters. The van der Waals surface area contributed by atoms with Gasteiger partial charge in [-0.1, -0.05) is 45.7 Å². The van der Waals surface area contributed by atoms with Gasteiger partial charge in [-0.3, -0.25) is 0 Å². The van der Waals surface area contributed by atoms with E-state index in [0.717, 1.165) is 10.0 Å². The van der Waals surface area contributed by atoms with Gasteiger partial charge in [0, 0.05) is 25.6 Å². The number of allylic oxidation sites excluding steroid dienone is 1. The second-order valence-electron chi connectivity index (χ2n) is 6.65. The molecule has 1 aliphatic rings. The number of rotatable bonds is 4. The Morgan fingerprint density at radius 1 is 1.33 bits per heavy atom. The first-order chi connectivity index (χ1) is 14.1. The molecule has 158 valence electrons. The van der Waals surface area contributed by atoms with Gasteiger partial charge >= 0.3 is 11.9 Å². The molecule has 3 nitrogen and oxygen atoms in total. The minimum Gasteiger partial charge on any atom is -0.461 e. The van der Waals surface area contributed by atoms with E-state index in [2.05, 4.69) is 43.3 Å². The summed E-state index contributed by atoms with van der Waals surface area (Å²) >= 11 is 11.6. The second kappa shape index (κ2) is 9.46. The standard InChI is InChI=1S/C22H17BrClF2IO3/c1-2-30-21(29)22(25,26)11-18-16-9-14(24)7-8-15(16)19(28)10-17(18)20(27)12-3-5-13(23)6-4-12/h3-9,11,19,28H,2,10H2,1H3/b18-11+,20-17+/t19-/m1/s1. The summed E-state index contributed by atoms with van der Waals surface area (Å²) < 4.78 is 35.5. The highest BCUT2D eigenvalue weighted by Crippen LogP contribution is 2.47. The third-order valence-electron chi connectivity index (χ3n) is 4.62. The Bertz CT molecular complexity index is 1040. The third kappa shape index (κ3) is 4.95. The monoisotopic (exact) mass is 608 g/mol. The maximum absolute atomic E-state index is 14.7. The van der Waals surface area contributed by atoms with Crippen molar-refractivity contribution in [3.8, 4) is 0 Å². The van der Waals surface area contributed by atoms with E-state index in [1.807, 2.05) is 24.3 Å². The van der Waals surface area contributed by atoms with Crippen molar-refractivity contribution in [2.75, 3.05) is 6.61 Å². The Hall–Kier alpha value is -1.29. The fourth-order valence-corrected chi connectivity index (χ4v) is 4.55. The molecule has 1 aliphatic carbocycles. The lowest BCUT2D eigenvalue weighted by Gasteiger charge is -2.29. The lowest BCUT2D eigenvalue weighted by Crippen LogP contribution is -2.29. The van der Waals surface area contributed by atoms with E-state index in [-0.39, 0.29) is 18.6 Å². The number of alkyl halides is 2. The predicted molar refractivity (Wildman–Crippen MR) is 126 cm³/mol. The van der Waals surface area contributed by atoms with E-state index < -0.39 is 18.0 Å². The first-order valence-electron chi connectivity index (χ1n) is 9.04. The minimum atomic E-state index is -3.84. The van der Waals surface area contributed by atoms with Crippen LogP contribution in [0.5, 0.6) is 0 Å². The van der Waals surface area contributed by atoms with Crippen molar-refractivity contribution in [2.45, 2.75) is 25.4 Å². The molecule has 0 heterocycles. The molecule has 0 fully saturated rings. The van der Waals surface area contributed by atoms with Crippen LogP contribution in [-0.4, -0.2) is 23.6 Å². The largest absolute Gasteiger partial charge is 0.461 e. The van der Waals surface area contributed by atoms with Crippen LogP contribution in [0.3, 0.4) is 0 Å². The summed E-state index contributed by atoms with van der Waals surface area (Å²) in [6.07, 6.45) is -0.159. The lowest BCUT2D eigenvalue weighted by atomic mass is 9.80. The van der Waals surface area contributed by atoms with Gasteiger partial charge in [-0.15, -0.1) is 0 Å². The van der Waals surface area contributed by atoms with Crippen molar-refractivity contribution in [1.82, 2.24) is 0 Å². The van der Waals surface area contributed by atoms with E-state index in [9.17, 15) is 18.7 Å². The molecule has 30 heavy (non-hydrogen) atoms. The molecule has 2 aromatic carbocycles. The van der Waals surface area contributed by atoms with E-state index in [4.69, 9.17) is 11.6 Å². The van der Waals surface area contributed by atoms with Crippen molar-refractivity contribution < 1.29 is 23.4 Å². The van der Waals surface area contributed by atoms with Crippen LogP contribution in [0.15, 0.2) is 58.6 Å². The Kier molecular flexibility index (Phi) is 7.37. The molecule has 0 aromatic heterocycles. The van der Waals surface area contributed by atoms with Crippen LogP contribution in [0.25, 0.3) is 9.15 Å². The van der Waals surface area contributed by atoms with Crippen LogP contribution >= 0.6 is 50.1 Å². The summed E-state index contributed by atoms with van der Waals surface area (Å²) in [5, 5.41) is 11.0. The van der Waals surface area contributed by atoms with Crippen LogP contribution in [0.1, 0.15) is 36.1 Å².